The van der Waals surface area contributed by atoms with Crippen molar-refractivity contribution in [1.29, 1.82) is 0 Å². The van der Waals surface area contributed by atoms with Crippen LogP contribution in [0.1, 0.15) is 170 Å². The number of carboxylic acid groups (broad SMARTS) is 1. The fourth-order valence-electron chi connectivity index (χ4n) is 17.6. The average Bonchev–Trinajstić information content (AvgIpc) is 3.71. The second-order valence-electron chi connectivity index (χ2n) is 22.9. The maximum atomic E-state index is 11.6. The third-order valence-electron chi connectivity index (χ3n) is 20.7. The summed E-state index contributed by atoms with van der Waals surface area (Å²) in [7, 11) is 1.48. The molecule has 0 aromatic carbocycles. The number of ether oxygens (including phenoxy) is 1. The second kappa shape index (κ2) is 16.6. The van der Waals surface area contributed by atoms with Crippen LogP contribution in [0.25, 0.3) is 0 Å². The lowest BCUT2D eigenvalue weighted by atomic mass is 9.43. The monoisotopic (exact) mass is 799 g/mol. The van der Waals surface area contributed by atoms with E-state index in [1.165, 1.54) is 58.5 Å². The number of aliphatic carboxylic acids is 1. The van der Waals surface area contributed by atoms with Gasteiger partial charge in [0.25, 0.3) is 0 Å². The Morgan fingerprint density at radius 1 is 0.561 bits per heavy atom. The molecule has 0 radical (unpaired) electrons. The summed E-state index contributed by atoms with van der Waals surface area (Å²) in [6, 6.07) is 0. The molecule has 0 aromatic heterocycles. The molecule has 0 aromatic rings. The van der Waals surface area contributed by atoms with E-state index in [0.29, 0.717) is 82.9 Å². The second-order valence-corrected chi connectivity index (χ2v) is 22.9. The summed E-state index contributed by atoms with van der Waals surface area (Å²) >= 11 is 0. The minimum Gasteiger partial charge on any atom is -0.481 e. The lowest BCUT2D eigenvalue weighted by molar-refractivity contribution is -0.174. The number of aliphatic hydroxyl groups is 4. The molecule has 8 rings (SSSR count). The molecule has 0 heterocycles. The molecule has 12 unspecified atom stereocenters. The Kier molecular flexibility index (Phi) is 12.8. The largest absolute Gasteiger partial charge is 0.481 e. The fraction of sp³-hybridized carbons (Fsp3) is 0.959. The molecule has 8 heteroatoms. The Morgan fingerprint density at radius 3 is 1.35 bits per heavy atom. The van der Waals surface area contributed by atoms with Gasteiger partial charge in [-0.1, -0.05) is 41.5 Å². The highest BCUT2D eigenvalue weighted by Crippen LogP contribution is 2.70. The smallest absolute Gasteiger partial charge is 0.305 e. The summed E-state index contributed by atoms with van der Waals surface area (Å²) in [4.78, 5) is 22.7. The van der Waals surface area contributed by atoms with Crippen LogP contribution < -0.4 is 0 Å². The zero-order valence-electron chi connectivity index (χ0n) is 36.8. The Bertz CT molecular complexity index is 1440. The Labute approximate surface area is 345 Å². The molecule has 5 N–H and O–H groups in total. The molecule has 0 saturated heterocycles. The zero-order chi connectivity index (χ0) is 41.2. The summed E-state index contributed by atoms with van der Waals surface area (Å²) in [5.41, 5.74) is 1.10. The van der Waals surface area contributed by atoms with Crippen LogP contribution in [0.15, 0.2) is 0 Å². The Hall–Kier alpha value is -1.22. The molecule has 0 bridgehead atoms. The number of methoxy groups -OCH3 is 1. The lowest BCUT2D eigenvalue weighted by Gasteiger charge is -2.62. The first-order chi connectivity index (χ1) is 26.9. The Balaban J connectivity index is 0.000000174. The predicted molar refractivity (Wildman–Crippen MR) is 222 cm³/mol. The van der Waals surface area contributed by atoms with Crippen LogP contribution >= 0.6 is 0 Å². The van der Waals surface area contributed by atoms with Gasteiger partial charge < -0.3 is 30.3 Å². The standard InChI is InChI=1S/C25H42O4.C24H40O4/c1-15(5-8-22(28)29-4)18-6-7-19-23-20(10-12-25(18,19)3)24(2)11-9-17(26)13-16(24)14-21(23)27;1-14(4-7-21(27)28)17-5-6-18-22-19(9-11-24(17,18)3)23(2)10-8-16(25)12-15(23)13-20(22)26/h15-21,23,26-27H,5-14H2,1-4H3;14-20,22,25-26H,4-13H2,1-3H3,(H,27,28)/t15?,16?,17-,18?,19?,20?,21-,23?,24+,25-;14?,15?,16-,17?,18?,19?,20-,22?,23+,24-/m11/s1. The minimum absolute atomic E-state index is 0.0959. The maximum absolute atomic E-state index is 11.6. The molecular formula is C49H82O8. The van der Waals surface area contributed by atoms with Gasteiger partial charge in [0.15, 0.2) is 0 Å². The predicted octanol–water partition coefficient (Wildman–Crippen LogP) is 9.04. The number of fused-ring (bicyclic) bond motifs is 10. The summed E-state index contributed by atoms with van der Waals surface area (Å²) < 4.78 is 4.86. The first-order valence-corrected chi connectivity index (χ1v) is 23.9. The minimum atomic E-state index is -0.684. The molecule has 326 valence electrons. The normalized spacial score (nSPS) is 50.9. The number of hydrogen-bond acceptors (Lipinski definition) is 7. The molecule has 8 nitrogen and oxygen atoms in total. The van der Waals surface area contributed by atoms with E-state index >= 15 is 0 Å². The van der Waals surface area contributed by atoms with Gasteiger partial charge in [-0.2, -0.15) is 0 Å². The van der Waals surface area contributed by atoms with E-state index in [2.05, 4.69) is 41.5 Å². The van der Waals surface area contributed by atoms with Gasteiger partial charge in [0, 0.05) is 12.8 Å². The van der Waals surface area contributed by atoms with Gasteiger partial charge in [0.05, 0.1) is 31.5 Å². The van der Waals surface area contributed by atoms with Crippen LogP contribution in [0.2, 0.25) is 0 Å². The van der Waals surface area contributed by atoms with Crippen LogP contribution in [0.5, 0.6) is 0 Å². The molecule has 8 saturated carbocycles. The molecule has 0 spiro atoms. The van der Waals surface area contributed by atoms with Gasteiger partial charge in [0.2, 0.25) is 0 Å². The van der Waals surface area contributed by atoms with E-state index in [-0.39, 0.29) is 53.1 Å². The summed E-state index contributed by atoms with van der Waals surface area (Å²) in [6.45, 7) is 14.5. The SMILES string of the molecule is CC(CCC(=O)O)C1CCC2C3C(CC[C@]12C)[C@@]1(C)CC[C@@H](O)CC1C[C@H]3O.COC(=O)CCC(C)C1CCC2C3C(CC[C@]12C)[C@@]1(C)CC[C@@H](O)CC1C[C@H]3O. The quantitative estimate of drug-likeness (QED) is 0.153. The van der Waals surface area contributed by atoms with E-state index in [1.54, 1.807) is 0 Å². The number of carboxylic acids is 1. The third-order valence-corrected chi connectivity index (χ3v) is 20.7. The number of carbonyl (C=O) groups is 2. The van der Waals surface area contributed by atoms with E-state index < -0.39 is 5.97 Å². The van der Waals surface area contributed by atoms with Gasteiger partial charge in [-0.15, -0.1) is 0 Å². The van der Waals surface area contributed by atoms with Crippen LogP contribution in [-0.2, 0) is 14.3 Å². The van der Waals surface area contributed by atoms with Crippen molar-refractivity contribution in [3.05, 3.63) is 0 Å². The zero-order valence-corrected chi connectivity index (χ0v) is 36.8. The highest BCUT2D eigenvalue weighted by Gasteiger charge is 2.64. The van der Waals surface area contributed by atoms with Gasteiger partial charge in [-0.3, -0.25) is 9.59 Å². The maximum Gasteiger partial charge on any atom is 0.305 e. The first kappa shape index (κ1) is 43.9. The number of rotatable bonds is 8. The molecular weight excluding hydrogens is 717 g/mol. The first-order valence-electron chi connectivity index (χ1n) is 23.9. The van der Waals surface area contributed by atoms with Gasteiger partial charge in [-0.05, 0) is 208 Å². The van der Waals surface area contributed by atoms with E-state index in [9.17, 15) is 30.0 Å². The molecule has 8 aliphatic carbocycles. The van der Waals surface area contributed by atoms with Crippen molar-refractivity contribution in [3.8, 4) is 0 Å². The Morgan fingerprint density at radius 2 is 0.947 bits per heavy atom. The molecule has 20 atom stereocenters. The van der Waals surface area contributed by atoms with Crippen molar-refractivity contribution < 1.29 is 39.9 Å². The lowest BCUT2D eigenvalue weighted by Crippen LogP contribution is -2.58. The van der Waals surface area contributed by atoms with Crippen molar-refractivity contribution >= 4 is 11.9 Å². The number of carbonyl (C=O) groups excluding carboxylic acids is 1. The van der Waals surface area contributed by atoms with Crippen molar-refractivity contribution in [2.24, 2.45) is 92.7 Å². The van der Waals surface area contributed by atoms with E-state index in [4.69, 9.17) is 9.84 Å². The highest BCUT2D eigenvalue weighted by atomic mass is 16.5. The van der Waals surface area contributed by atoms with Crippen molar-refractivity contribution in [1.82, 2.24) is 0 Å². The summed E-state index contributed by atoms with van der Waals surface area (Å²) in [5.74, 6) is 5.53. The van der Waals surface area contributed by atoms with Crippen LogP contribution in [0, 0.1) is 92.7 Å². The van der Waals surface area contributed by atoms with Gasteiger partial charge in [0.1, 0.15) is 0 Å². The van der Waals surface area contributed by atoms with Gasteiger partial charge in [-0.25, -0.2) is 0 Å². The van der Waals surface area contributed by atoms with Crippen LogP contribution in [-0.4, -0.2) is 69.0 Å². The van der Waals surface area contributed by atoms with E-state index in [1.807, 2.05) is 0 Å². The highest BCUT2D eigenvalue weighted by molar-refractivity contribution is 5.69. The van der Waals surface area contributed by atoms with Crippen molar-refractivity contribution in [2.75, 3.05) is 7.11 Å². The molecule has 57 heavy (non-hydrogen) atoms. The topological polar surface area (TPSA) is 145 Å². The van der Waals surface area contributed by atoms with Gasteiger partial charge >= 0.3 is 11.9 Å². The third kappa shape index (κ3) is 7.70. The van der Waals surface area contributed by atoms with Crippen LogP contribution in [0.4, 0.5) is 0 Å². The molecule has 0 aliphatic heterocycles. The number of hydrogen-bond donors (Lipinski definition) is 5. The number of aliphatic hydroxyl groups excluding tert-OH is 4. The van der Waals surface area contributed by atoms with Crippen LogP contribution in [0.3, 0.4) is 0 Å². The number of esters is 1. The molecule has 8 fully saturated rings. The summed E-state index contributed by atoms with van der Waals surface area (Å²) in [5, 5.41) is 52.1. The molecule has 0 amide bonds. The fourth-order valence-corrected chi connectivity index (χ4v) is 17.6. The average molecular weight is 799 g/mol. The summed E-state index contributed by atoms with van der Waals surface area (Å²) in [6.07, 6.45) is 19.0. The van der Waals surface area contributed by atoms with Crippen molar-refractivity contribution in [3.63, 3.8) is 0 Å². The molecule has 8 aliphatic rings. The van der Waals surface area contributed by atoms with E-state index in [0.717, 1.165) is 64.2 Å². The van der Waals surface area contributed by atoms with Crippen molar-refractivity contribution in [2.45, 2.75) is 194 Å².